The second-order valence-corrected chi connectivity index (χ2v) is 8.11. The van der Waals surface area contributed by atoms with Gasteiger partial charge in [0.15, 0.2) is 0 Å². The Hall–Kier alpha value is -3.62. The first kappa shape index (κ1) is 22.6. The van der Waals surface area contributed by atoms with Crippen molar-refractivity contribution >= 4 is 5.57 Å². The normalized spacial score (nSPS) is 11.7. The van der Waals surface area contributed by atoms with Gasteiger partial charge in [-0.3, -0.25) is 0 Å². The van der Waals surface area contributed by atoms with Gasteiger partial charge in [0, 0.05) is 25.1 Å². The van der Waals surface area contributed by atoms with Crippen LogP contribution in [0, 0.1) is 0 Å². The summed E-state index contributed by atoms with van der Waals surface area (Å²) in [6.45, 7) is 4.37. The van der Waals surface area contributed by atoms with E-state index in [0.29, 0.717) is 6.61 Å². The number of allylic oxidation sites excluding steroid dienone is 2. The number of nitrogens with one attached hydrogen (secondary N) is 1. The maximum atomic E-state index is 6.23. The van der Waals surface area contributed by atoms with Gasteiger partial charge in [-0.15, -0.1) is 0 Å². The highest BCUT2D eigenvalue weighted by Gasteiger charge is 2.12. The molecule has 33 heavy (non-hydrogen) atoms. The number of hydrogen-bond acceptors (Lipinski definition) is 2. The first-order valence-corrected chi connectivity index (χ1v) is 11.6. The molecule has 4 rings (SSSR count). The molecule has 1 N–H and O–H groups in total. The maximum absolute atomic E-state index is 6.23. The summed E-state index contributed by atoms with van der Waals surface area (Å²) >= 11 is 0. The number of hydrogen-bond donors (Lipinski definition) is 1. The van der Waals surface area contributed by atoms with E-state index in [1.807, 2.05) is 6.07 Å². The van der Waals surface area contributed by atoms with Crippen LogP contribution in [-0.4, -0.2) is 13.2 Å². The highest BCUT2D eigenvalue weighted by Crippen LogP contribution is 2.30. The summed E-state index contributed by atoms with van der Waals surface area (Å²) in [6, 6.07) is 40.3. The molecule has 2 nitrogen and oxygen atoms in total. The third-order valence-corrected chi connectivity index (χ3v) is 5.79. The molecule has 4 aromatic carbocycles. The van der Waals surface area contributed by atoms with Crippen molar-refractivity contribution in [2.45, 2.75) is 19.9 Å². The summed E-state index contributed by atoms with van der Waals surface area (Å²) in [5.74, 6) is 0.977. The van der Waals surface area contributed by atoms with E-state index in [0.717, 1.165) is 25.3 Å². The molecule has 0 spiro atoms. The van der Waals surface area contributed by atoms with Gasteiger partial charge >= 0.3 is 0 Å². The number of ether oxygens (including phenoxy) is 1. The summed E-state index contributed by atoms with van der Waals surface area (Å²) in [5, 5.41) is 3.47. The van der Waals surface area contributed by atoms with Crippen LogP contribution in [0.1, 0.15) is 23.6 Å². The van der Waals surface area contributed by atoms with Gasteiger partial charge in [-0.1, -0.05) is 115 Å². The molecule has 0 aliphatic heterocycles. The second-order valence-electron chi connectivity index (χ2n) is 8.11. The summed E-state index contributed by atoms with van der Waals surface area (Å²) in [6.07, 6.45) is 0.818. The molecule has 0 bridgehead atoms. The predicted molar refractivity (Wildman–Crippen MR) is 139 cm³/mol. The number of benzene rings is 4. The van der Waals surface area contributed by atoms with Crippen LogP contribution in [0.3, 0.4) is 0 Å². The summed E-state index contributed by atoms with van der Waals surface area (Å²) in [5.41, 5.74) is 7.52. The fraction of sp³-hybridized carbons (Fsp3) is 0.161. The Labute approximate surface area is 197 Å². The Morgan fingerprint density at radius 2 is 1.30 bits per heavy atom. The molecule has 0 aliphatic rings. The largest absolute Gasteiger partial charge is 0.497 e. The van der Waals surface area contributed by atoms with Gasteiger partial charge in [-0.25, -0.2) is 0 Å². The summed E-state index contributed by atoms with van der Waals surface area (Å²) < 4.78 is 6.23. The van der Waals surface area contributed by atoms with Crippen LogP contribution in [0.25, 0.3) is 16.7 Å². The SMILES string of the molecule is C/C(OCCNCc1ccccc1)=C(\Cc1ccccc1-c1ccccc1)c1ccccc1. The van der Waals surface area contributed by atoms with Crippen LogP contribution in [0.4, 0.5) is 0 Å². The smallest absolute Gasteiger partial charge is 0.100 e. The van der Waals surface area contributed by atoms with Crippen molar-refractivity contribution in [3.05, 3.63) is 138 Å². The monoisotopic (exact) mass is 433 g/mol. The molecule has 2 heteroatoms. The first-order valence-electron chi connectivity index (χ1n) is 11.6. The lowest BCUT2D eigenvalue weighted by Crippen LogP contribution is -2.19. The van der Waals surface area contributed by atoms with Crippen LogP contribution in [0.2, 0.25) is 0 Å². The van der Waals surface area contributed by atoms with Crippen molar-refractivity contribution in [3.8, 4) is 11.1 Å². The molecule has 0 radical (unpaired) electrons. The summed E-state index contributed by atoms with van der Waals surface area (Å²) in [4.78, 5) is 0. The third-order valence-electron chi connectivity index (χ3n) is 5.79. The van der Waals surface area contributed by atoms with Crippen LogP contribution in [0.5, 0.6) is 0 Å². The van der Waals surface area contributed by atoms with Gasteiger partial charge in [0.2, 0.25) is 0 Å². The lowest BCUT2D eigenvalue weighted by atomic mass is 9.91. The Morgan fingerprint density at radius 1 is 0.697 bits per heavy atom. The number of rotatable bonds is 10. The Bertz CT molecular complexity index is 1150. The highest BCUT2D eigenvalue weighted by atomic mass is 16.5. The topological polar surface area (TPSA) is 21.3 Å². The van der Waals surface area contributed by atoms with Crippen molar-refractivity contribution < 1.29 is 4.74 Å². The molecule has 0 aromatic heterocycles. The van der Waals surface area contributed by atoms with Crippen molar-refractivity contribution in [2.24, 2.45) is 0 Å². The molecular weight excluding hydrogens is 402 g/mol. The fourth-order valence-electron chi connectivity index (χ4n) is 4.03. The molecule has 0 fully saturated rings. The van der Waals surface area contributed by atoms with Crippen LogP contribution in [-0.2, 0) is 17.7 Å². The minimum Gasteiger partial charge on any atom is -0.497 e. The van der Waals surface area contributed by atoms with Crippen molar-refractivity contribution in [3.63, 3.8) is 0 Å². The minimum absolute atomic E-state index is 0.634. The molecular formula is C31H31NO. The maximum Gasteiger partial charge on any atom is 0.100 e. The Morgan fingerprint density at radius 3 is 2.03 bits per heavy atom. The standard InChI is InChI=1S/C31H31NO/c1-25(33-22-21-32-24-26-13-5-2-6-14-26)31(28-17-9-4-10-18-28)23-29-19-11-12-20-30(29)27-15-7-3-8-16-27/h2-20,32H,21-24H2,1H3/b31-25-. The second kappa shape index (κ2) is 11.8. The minimum atomic E-state index is 0.634. The zero-order valence-electron chi connectivity index (χ0n) is 19.2. The van der Waals surface area contributed by atoms with Crippen molar-refractivity contribution in [2.75, 3.05) is 13.2 Å². The van der Waals surface area contributed by atoms with Crippen LogP contribution >= 0.6 is 0 Å². The molecule has 0 saturated heterocycles. The molecule has 0 aliphatic carbocycles. The summed E-state index contributed by atoms with van der Waals surface area (Å²) in [7, 11) is 0. The average Bonchev–Trinajstić information content (AvgIpc) is 2.89. The van der Waals surface area contributed by atoms with Crippen molar-refractivity contribution in [1.82, 2.24) is 5.32 Å². The van der Waals surface area contributed by atoms with Crippen molar-refractivity contribution in [1.29, 1.82) is 0 Å². The molecule has 0 unspecified atom stereocenters. The molecule has 166 valence electrons. The predicted octanol–water partition coefficient (Wildman–Crippen LogP) is 7.13. The van der Waals surface area contributed by atoms with E-state index in [2.05, 4.69) is 121 Å². The molecule has 0 atom stereocenters. The lowest BCUT2D eigenvalue weighted by molar-refractivity contribution is 0.215. The van der Waals surface area contributed by atoms with Gasteiger partial charge in [0.25, 0.3) is 0 Å². The molecule has 0 heterocycles. The molecule has 4 aromatic rings. The average molecular weight is 434 g/mol. The zero-order chi connectivity index (χ0) is 22.7. The highest BCUT2D eigenvalue weighted by molar-refractivity contribution is 5.74. The molecule has 0 saturated carbocycles. The van der Waals surface area contributed by atoms with Crippen LogP contribution < -0.4 is 5.32 Å². The Balaban J connectivity index is 1.50. The van der Waals surface area contributed by atoms with E-state index in [1.54, 1.807) is 0 Å². The van der Waals surface area contributed by atoms with E-state index < -0.39 is 0 Å². The van der Waals surface area contributed by atoms with E-state index in [1.165, 1.54) is 33.4 Å². The van der Waals surface area contributed by atoms with E-state index in [-0.39, 0.29) is 0 Å². The van der Waals surface area contributed by atoms with E-state index in [4.69, 9.17) is 4.74 Å². The zero-order valence-corrected chi connectivity index (χ0v) is 19.2. The molecule has 0 amide bonds. The first-order chi connectivity index (χ1) is 16.3. The Kier molecular flexibility index (Phi) is 8.10. The lowest BCUT2D eigenvalue weighted by Gasteiger charge is -2.17. The van der Waals surface area contributed by atoms with Gasteiger partial charge in [-0.05, 0) is 34.7 Å². The van der Waals surface area contributed by atoms with Gasteiger partial charge in [0.05, 0.1) is 5.76 Å². The van der Waals surface area contributed by atoms with Gasteiger partial charge < -0.3 is 10.1 Å². The van der Waals surface area contributed by atoms with E-state index in [9.17, 15) is 0 Å². The van der Waals surface area contributed by atoms with E-state index >= 15 is 0 Å². The van der Waals surface area contributed by atoms with Gasteiger partial charge in [0.1, 0.15) is 6.61 Å². The third kappa shape index (κ3) is 6.44. The fourth-order valence-corrected chi connectivity index (χ4v) is 4.03. The van der Waals surface area contributed by atoms with Gasteiger partial charge in [-0.2, -0.15) is 0 Å². The van der Waals surface area contributed by atoms with Crippen LogP contribution in [0.15, 0.2) is 121 Å². The quantitative estimate of drug-likeness (QED) is 0.212.